The summed E-state index contributed by atoms with van der Waals surface area (Å²) in [6.07, 6.45) is 15.8. The molecule has 2 aliphatic rings. The SMILES string of the molecule is C[Si][Si][Si](C1CCCCC1)C1CCCCC1. The molecule has 0 unspecified atom stereocenters. The van der Waals surface area contributed by atoms with E-state index in [1.54, 1.807) is 51.4 Å². The predicted octanol–water partition coefficient (Wildman–Crippen LogP) is 4.02. The van der Waals surface area contributed by atoms with Crippen molar-refractivity contribution in [2.75, 3.05) is 0 Å². The van der Waals surface area contributed by atoms with Crippen molar-refractivity contribution in [3.63, 3.8) is 0 Å². The van der Waals surface area contributed by atoms with Gasteiger partial charge in [0.15, 0.2) is 0 Å². The molecule has 0 N–H and O–H groups in total. The van der Waals surface area contributed by atoms with E-state index in [2.05, 4.69) is 6.55 Å². The molecule has 5 radical (unpaired) electrons. The smallest absolute Gasteiger partial charge is 0.0371 e. The van der Waals surface area contributed by atoms with Crippen molar-refractivity contribution in [3.05, 3.63) is 0 Å². The lowest BCUT2D eigenvalue weighted by Gasteiger charge is -2.36. The summed E-state index contributed by atoms with van der Waals surface area (Å²) in [5.74, 6) is 0. The molecule has 0 aromatic heterocycles. The minimum absolute atomic E-state index is 0.0433. The van der Waals surface area contributed by atoms with Crippen LogP contribution in [0.3, 0.4) is 0 Å². The van der Waals surface area contributed by atoms with Crippen molar-refractivity contribution in [1.82, 2.24) is 0 Å². The maximum atomic E-state index is 2.45. The Labute approximate surface area is 108 Å². The van der Waals surface area contributed by atoms with Gasteiger partial charge in [-0.05, 0) is 11.1 Å². The first kappa shape index (κ1) is 13.1. The fraction of sp³-hybridized carbons (Fsp3) is 1.00. The molecule has 0 aliphatic heterocycles. The van der Waals surface area contributed by atoms with Crippen LogP contribution in [0.25, 0.3) is 0 Å². The summed E-state index contributed by atoms with van der Waals surface area (Å²) in [6.45, 7) is 2.45. The van der Waals surface area contributed by atoms with Crippen LogP contribution >= 0.6 is 0 Å². The van der Waals surface area contributed by atoms with Gasteiger partial charge in [-0.3, -0.25) is 0 Å². The second kappa shape index (κ2) is 7.17. The second-order valence-corrected chi connectivity index (χ2v) is 15.0. The third-order valence-corrected chi connectivity index (χ3v) is 16.7. The van der Waals surface area contributed by atoms with Crippen LogP contribution in [-0.4, -0.2) is 25.9 Å². The zero-order valence-electron chi connectivity index (χ0n) is 10.7. The average molecular weight is 266 g/mol. The van der Waals surface area contributed by atoms with Crippen molar-refractivity contribution in [3.8, 4) is 0 Å². The molecule has 0 bridgehead atoms. The maximum Gasteiger partial charge on any atom is 0.0371 e. The summed E-state index contributed by atoms with van der Waals surface area (Å²) in [5, 5.41) is 0. The van der Waals surface area contributed by atoms with E-state index in [9.17, 15) is 0 Å². The van der Waals surface area contributed by atoms with E-state index in [1.165, 1.54) is 41.5 Å². The Hall–Kier alpha value is 0.651. The molecule has 0 amide bonds. The van der Waals surface area contributed by atoms with E-state index in [1.807, 2.05) is 0 Å². The molecular formula is C13H25Si3. The van der Waals surface area contributed by atoms with Gasteiger partial charge in [0.2, 0.25) is 0 Å². The Morgan fingerprint density at radius 3 is 1.56 bits per heavy atom. The van der Waals surface area contributed by atoms with Crippen LogP contribution in [0.15, 0.2) is 0 Å². The predicted molar refractivity (Wildman–Crippen MR) is 76.8 cm³/mol. The van der Waals surface area contributed by atoms with Gasteiger partial charge in [-0.2, -0.15) is 0 Å². The van der Waals surface area contributed by atoms with Crippen LogP contribution in [0, 0.1) is 0 Å². The van der Waals surface area contributed by atoms with Crippen molar-refractivity contribution >= 4 is 25.9 Å². The Morgan fingerprint density at radius 2 is 1.19 bits per heavy atom. The van der Waals surface area contributed by atoms with Crippen LogP contribution in [0.5, 0.6) is 0 Å². The molecule has 3 heteroatoms. The topological polar surface area (TPSA) is 0 Å². The second-order valence-electron chi connectivity index (χ2n) is 5.50. The lowest BCUT2D eigenvalue weighted by molar-refractivity contribution is 0.467. The monoisotopic (exact) mass is 265 g/mol. The molecule has 0 saturated heterocycles. The molecular weight excluding hydrogens is 240 g/mol. The molecule has 2 saturated carbocycles. The van der Waals surface area contributed by atoms with Gasteiger partial charge in [0.1, 0.15) is 0 Å². The molecule has 0 spiro atoms. The summed E-state index contributed by atoms with van der Waals surface area (Å²) in [6, 6.07) is 0. The first-order valence-electron chi connectivity index (χ1n) is 7.21. The third kappa shape index (κ3) is 3.57. The first-order valence-corrected chi connectivity index (χ1v) is 13.4. The van der Waals surface area contributed by atoms with Crippen LogP contribution in [0.2, 0.25) is 17.6 Å². The van der Waals surface area contributed by atoms with Crippen molar-refractivity contribution in [1.29, 1.82) is 0 Å². The Morgan fingerprint density at radius 1 is 0.750 bits per heavy atom. The molecule has 2 rings (SSSR count). The van der Waals surface area contributed by atoms with E-state index in [-0.39, 0.29) is 8.31 Å². The maximum absolute atomic E-state index is 2.45. The highest BCUT2D eigenvalue weighted by Gasteiger charge is 2.32. The van der Waals surface area contributed by atoms with Crippen LogP contribution < -0.4 is 0 Å². The van der Waals surface area contributed by atoms with Gasteiger partial charge in [-0.15, -0.1) is 0 Å². The largest absolute Gasteiger partial charge is 0.0761 e. The normalized spacial score (nSPS) is 25.1. The zero-order chi connectivity index (χ0) is 11.2. The van der Waals surface area contributed by atoms with Crippen molar-refractivity contribution in [2.24, 2.45) is 0 Å². The highest BCUT2D eigenvalue weighted by Crippen LogP contribution is 2.40. The minimum Gasteiger partial charge on any atom is -0.0761 e. The number of hydrogen-bond donors (Lipinski definition) is 0. The molecule has 0 atom stereocenters. The van der Waals surface area contributed by atoms with E-state index in [4.69, 9.17) is 0 Å². The Kier molecular flexibility index (Phi) is 5.86. The fourth-order valence-electron chi connectivity index (χ4n) is 3.51. The highest BCUT2D eigenvalue weighted by molar-refractivity contribution is 7.36. The summed E-state index contributed by atoms with van der Waals surface area (Å²) in [4.78, 5) is 0. The van der Waals surface area contributed by atoms with Gasteiger partial charge in [-0.1, -0.05) is 70.8 Å². The summed E-state index contributed by atoms with van der Waals surface area (Å²) >= 11 is 0. The molecule has 0 aromatic carbocycles. The molecule has 0 nitrogen and oxygen atoms in total. The van der Waals surface area contributed by atoms with E-state index in [0.29, 0.717) is 0 Å². The van der Waals surface area contributed by atoms with Gasteiger partial charge in [0, 0.05) is 25.9 Å². The van der Waals surface area contributed by atoms with E-state index >= 15 is 0 Å². The van der Waals surface area contributed by atoms with Gasteiger partial charge < -0.3 is 0 Å². The molecule has 0 heterocycles. The van der Waals surface area contributed by atoms with Crippen LogP contribution in [0.4, 0.5) is 0 Å². The minimum atomic E-state index is 0.0433. The summed E-state index contributed by atoms with van der Waals surface area (Å²) < 4.78 is 0. The van der Waals surface area contributed by atoms with Gasteiger partial charge in [-0.25, -0.2) is 0 Å². The molecule has 2 aliphatic carbocycles. The fourth-order valence-corrected chi connectivity index (χ4v) is 17.0. The zero-order valence-corrected chi connectivity index (χ0v) is 13.7. The number of rotatable bonds is 4. The molecule has 16 heavy (non-hydrogen) atoms. The van der Waals surface area contributed by atoms with E-state index in [0.717, 1.165) is 0 Å². The summed E-state index contributed by atoms with van der Waals surface area (Å²) in [7, 11) is 2.70. The Bertz CT molecular complexity index is 166. The highest BCUT2D eigenvalue weighted by atomic mass is 29.5. The standard InChI is InChI=1S/C13H25Si3/c1-14-15-16(12-8-4-2-5-9-12)13-10-6-3-7-11-13/h12-13H,2-11H2,1H3. The average Bonchev–Trinajstić information content (AvgIpc) is 2.38. The van der Waals surface area contributed by atoms with Gasteiger partial charge in [0.05, 0.1) is 0 Å². The lowest BCUT2D eigenvalue weighted by Crippen LogP contribution is -2.38. The van der Waals surface area contributed by atoms with Crippen molar-refractivity contribution in [2.45, 2.75) is 81.8 Å². The van der Waals surface area contributed by atoms with Gasteiger partial charge in [0.25, 0.3) is 0 Å². The summed E-state index contributed by atoms with van der Waals surface area (Å²) in [5.41, 5.74) is 2.46. The molecule has 89 valence electrons. The molecule has 0 aromatic rings. The van der Waals surface area contributed by atoms with Crippen LogP contribution in [0.1, 0.15) is 64.2 Å². The van der Waals surface area contributed by atoms with Crippen LogP contribution in [-0.2, 0) is 0 Å². The van der Waals surface area contributed by atoms with Crippen molar-refractivity contribution < 1.29 is 0 Å². The quantitative estimate of drug-likeness (QED) is 0.674. The molecule has 2 fully saturated rings. The number of hydrogen-bond acceptors (Lipinski definition) is 0. The van der Waals surface area contributed by atoms with E-state index < -0.39 is 0 Å². The van der Waals surface area contributed by atoms with Gasteiger partial charge >= 0.3 is 0 Å². The Balaban J connectivity index is 1.91. The lowest BCUT2D eigenvalue weighted by atomic mass is 9.99. The third-order valence-electron chi connectivity index (χ3n) is 4.36. The first-order chi connectivity index (χ1) is 7.92.